The van der Waals surface area contributed by atoms with Crippen molar-refractivity contribution in [1.82, 2.24) is 0 Å². The lowest BCUT2D eigenvalue weighted by Crippen LogP contribution is -2.60. The maximum atomic E-state index is 11.4. The third-order valence-electron chi connectivity index (χ3n) is 3.52. The summed E-state index contributed by atoms with van der Waals surface area (Å²) in [4.78, 5) is 0. The fraction of sp³-hybridized carbons (Fsp3) is 1.00. The Hall–Kier alpha value is -0.0900. The topological polar surface area (TPSA) is 60.2 Å². The van der Waals surface area contributed by atoms with E-state index >= 15 is 0 Å². The predicted molar refractivity (Wildman–Crippen MR) is 52.2 cm³/mol. The monoisotopic (exact) mass is 203 g/mol. The van der Waals surface area contributed by atoms with Gasteiger partial charge in [0.2, 0.25) is 0 Å². The highest BCUT2D eigenvalue weighted by atomic mass is 32.2. The van der Waals surface area contributed by atoms with Crippen molar-refractivity contribution >= 4 is 9.84 Å². The molecular weight excluding hydrogens is 186 g/mol. The Balaban J connectivity index is 2.14. The summed E-state index contributed by atoms with van der Waals surface area (Å²) >= 11 is 0. The minimum atomic E-state index is -2.81. The van der Waals surface area contributed by atoms with Gasteiger partial charge in [-0.15, -0.1) is 0 Å². The van der Waals surface area contributed by atoms with Gasteiger partial charge in [-0.1, -0.05) is 19.3 Å². The van der Waals surface area contributed by atoms with Crippen molar-refractivity contribution in [2.24, 2.45) is 5.73 Å². The molecule has 1 heterocycles. The Morgan fingerprint density at radius 2 is 1.77 bits per heavy atom. The van der Waals surface area contributed by atoms with Gasteiger partial charge >= 0.3 is 0 Å². The van der Waals surface area contributed by atoms with Gasteiger partial charge in [-0.25, -0.2) is 8.42 Å². The van der Waals surface area contributed by atoms with Gasteiger partial charge in [0.1, 0.15) is 0 Å². The number of nitrogens with two attached hydrogens (primary N) is 1. The summed E-state index contributed by atoms with van der Waals surface area (Å²) in [5.74, 6) is 0.358. The van der Waals surface area contributed by atoms with E-state index in [1.54, 1.807) is 0 Å². The minimum absolute atomic E-state index is 0.222. The molecule has 0 unspecified atom stereocenters. The molecule has 1 aliphatic carbocycles. The van der Waals surface area contributed by atoms with E-state index in [0.29, 0.717) is 5.75 Å². The highest BCUT2D eigenvalue weighted by molar-refractivity contribution is 7.93. The average molecular weight is 203 g/mol. The number of rotatable bonds is 1. The molecule has 0 spiro atoms. The van der Waals surface area contributed by atoms with Gasteiger partial charge in [0.15, 0.2) is 9.84 Å². The molecule has 2 rings (SSSR count). The molecule has 1 aliphatic heterocycles. The van der Waals surface area contributed by atoms with Crippen LogP contribution in [0, 0.1) is 0 Å². The standard InChI is InChI=1S/C9H17NO2S/c10-9(5-2-1-3-6-9)8-4-7-13(8,11)12/h8H,1-7,10H2/t8-/m0/s1. The van der Waals surface area contributed by atoms with Crippen LogP contribution in [0.25, 0.3) is 0 Å². The largest absolute Gasteiger partial charge is 0.324 e. The third-order valence-corrected chi connectivity index (χ3v) is 5.90. The number of hydrogen-bond donors (Lipinski definition) is 1. The Labute approximate surface area is 79.6 Å². The third kappa shape index (κ3) is 1.50. The summed E-state index contributed by atoms with van der Waals surface area (Å²) in [7, 11) is -2.81. The van der Waals surface area contributed by atoms with Crippen molar-refractivity contribution in [3.8, 4) is 0 Å². The van der Waals surface area contributed by atoms with E-state index in [9.17, 15) is 8.42 Å². The summed E-state index contributed by atoms with van der Waals surface area (Å²) in [6, 6.07) is 0. The van der Waals surface area contributed by atoms with Crippen LogP contribution in [0.5, 0.6) is 0 Å². The van der Waals surface area contributed by atoms with Crippen molar-refractivity contribution < 1.29 is 8.42 Å². The van der Waals surface area contributed by atoms with Crippen LogP contribution in [0.15, 0.2) is 0 Å². The molecule has 1 saturated heterocycles. The van der Waals surface area contributed by atoms with Crippen LogP contribution < -0.4 is 5.73 Å². The molecule has 1 atom stereocenters. The van der Waals surface area contributed by atoms with Gasteiger partial charge in [0.25, 0.3) is 0 Å². The van der Waals surface area contributed by atoms with Crippen LogP contribution >= 0.6 is 0 Å². The van der Waals surface area contributed by atoms with E-state index in [2.05, 4.69) is 0 Å². The molecule has 2 N–H and O–H groups in total. The van der Waals surface area contributed by atoms with Crippen LogP contribution in [-0.4, -0.2) is 25.0 Å². The molecular formula is C9H17NO2S. The second kappa shape index (κ2) is 2.95. The first-order chi connectivity index (χ1) is 6.05. The van der Waals surface area contributed by atoms with Crippen molar-refractivity contribution in [3.63, 3.8) is 0 Å². The molecule has 0 amide bonds. The normalized spacial score (nSPS) is 36.5. The molecule has 3 nitrogen and oxygen atoms in total. The van der Waals surface area contributed by atoms with Crippen LogP contribution in [0.3, 0.4) is 0 Å². The van der Waals surface area contributed by atoms with Crippen LogP contribution in [0.2, 0.25) is 0 Å². The van der Waals surface area contributed by atoms with E-state index in [0.717, 1.165) is 32.1 Å². The first-order valence-electron chi connectivity index (χ1n) is 5.05. The summed E-state index contributed by atoms with van der Waals surface area (Å²) in [6.45, 7) is 0. The van der Waals surface area contributed by atoms with E-state index in [-0.39, 0.29) is 10.8 Å². The van der Waals surface area contributed by atoms with Gasteiger partial charge < -0.3 is 5.73 Å². The molecule has 0 radical (unpaired) electrons. The Bertz CT molecular complexity index is 291. The van der Waals surface area contributed by atoms with Crippen molar-refractivity contribution in [3.05, 3.63) is 0 Å². The molecule has 2 aliphatic rings. The van der Waals surface area contributed by atoms with E-state index in [1.165, 1.54) is 6.42 Å². The van der Waals surface area contributed by atoms with Gasteiger partial charge in [-0.2, -0.15) is 0 Å². The molecule has 2 fully saturated rings. The smallest absolute Gasteiger partial charge is 0.155 e. The zero-order valence-corrected chi connectivity index (χ0v) is 8.65. The zero-order valence-electron chi connectivity index (χ0n) is 7.83. The van der Waals surface area contributed by atoms with Gasteiger partial charge in [0, 0.05) is 5.54 Å². The summed E-state index contributed by atoms with van der Waals surface area (Å²) < 4.78 is 22.9. The van der Waals surface area contributed by atoms with E-state index in [1.807, 2.05) is 0 Å². The second-order valence-corrected chi connectivity index (χ2v) is 6.74. The van der Waals surface area contributed by atoms with Crippen molar-refractivity contribution in [1.29, 1.82) is 0 Å². The first-order valence-corrected chi connectivity index (χ1v) is 6.77. The summed E-state index contributed by atoms with van der Waals surface area (Å²) in [5.41, 5.74) is 5.78. The predicted octanol–water partition coefficient (Wildman–Crippen LogP) is 0.835. The van der Waals surface area contributed by atoms with Crippen molar-refractivity contribution in [2.45, 2.75) is 49.3 Å². The van der Waals surface area contributed by atoms with Crippen LogP contribution in [-0.2, 0) is 9.84 Å². The quantitative estimate of drug-likeness (QED) is 0.687. The maximum absolute atomic E-state index is 11.4. The average Bonchev–Trinajstić information content (AvgIpc) is 2.03. The SMILES string of the molecule is NC1([C@@H]2CCS2(=O)=O)CCCCC1. The molecule has 13 heavy (non-hydrogen) atoms. The summed E-state index contributed by atoms with van der Waals surface area (Å²) in [6.07, 6.45) is 6.00. The van der Waals surface area contributed by atoms with Crippen LogP contribution in [0.1, 0.15) is 38.5 Å². The van der Waals surface area contributed by atoms with Gasteiger partial charge in [-0.05, 0) is 19.3 Å². The van der Waals surface area contributed by atoms with Gasteiger partial charge in [-0.3, -0.25) is 0 Å². The molecule has 0 aromatic rings. The lowest BCUT2D eigenvalue weighted by atomic mass is 9.79. The molecule has 0 aromatic heterocycles. The fourth-order valence-corrected chi connectivity index (χ4v) is 4.41. The lowest BCUT2D eigenvalue weighted by Gasteiger charge is -2.44. The molecule has 4 heteroatoms. The lowest BCUT2D eigenvalue weighted by molar-refractivity contribution is 0.267. The minimum Gasteiger partial charge on any atom is -0.324 e. The number of sulfone groups is 1. The highest BCUT2D eigenvalue weighted by Crippen LogP contribution is 2.38. The molecule has 0 aromatic carbocycles. The Kier molecular flexibility index (Phi) is 2.15. The van der Waals surface area contributed by atoms with Crippen LogP contribution in [0.4, 0.5) is 0 Å². The van der Waals surface area contributed by atoms with Crippen molar-refractivity contribution in [2.75, 3.05) is 5.75 Å². The highest BCUT2D eigenvalue weighted by Gasteiger charge is 2.49. The van der Waals surface area contributed by atoms with E-state index < -0.39 is 9.84 Å². The summed E-state index contributed by atoms with van der Waals surface area (Å²) in [5, 5.41) is -0.222. The first kappa shape index (κ1) is 9.46. The molecule has 76 valence electrons. The number of hydrogen-bond acceptors (Lipinski definition) is 3. The Morgan fingerprint density at radius 3 is 2.15 bits per heavy atom. The zero-order chi connectivity index (χ0) is 9.53. The Morgan fingerprint density at radius 1 is 1.15 bits per heavy atom. The molecule has 1 saturated carbocycles. The second-order valence-electron chi connectivity index (χ2n) is 4.44. The maximum Gasteiger partial charge on any atom is 0.155 e. The fourth-order valence-electron chi connectivity index (χ4n) is 2.61. The molecule has 0 bridgehead atoms. The van der Waals surface area contributed by atoms with E-state index in [4.69, 9.17) is 5.73 Å². The van der Waals surface area contributed by atoms with Gasteiger partial charge in [0.05, 0.1) is 11.0 Å².